The first-order valence-corrected chi connectivity index (χ1v) is 5.61. The van der Waals surface area contributed by atoms with Crippen LogP contribution in [-0.2, 0) is 0 Å². The molecule has 1 saturated heterocycles. The highest BCUT2D eigenvalue weighted by Crippen LogP contribution is 2.23. The van der Waals surface area contributed by atoms with Crippen LogP contribution in [0.4, 0.5) is 0 Å². The quantitative estimate of drug-likeness (QED) is 0.667. The van der Waals surface area contributed by atoms with E-state index >= 15 is 0 Å². The second kappa shape index (κ2) is 5.58. The van der Waals surface area contributed by atoms with Gasteiger partial charge in [0.1, 0.15) is 0 Å². The molecule has 0 bridgehead atoms. The Kier molecular flexibility index (Phi) is 4.67. The van der Waals surface area contributed by atoms with Crippen molar-refractivity contribution in [2.24, 2.45) is 5.92 Å². The summed E-state index contributed by atoms with van der Waals surface area (Å²) in [7, 11) is 0. The van der Waals surface area contributed by atoms with E-state index in [1.54, 1.807) is 0 Å². The van der Waals surface area contributed by atoms with Crippen molar-refractivity contribution >= 4 is 0 Å². The molecule has 1 heterocycles. The van der Waals surface area contributed by atoms with E-state index in [0.717, 1.165) is 12.0 Å². The van der Waals surface area contributed by atoms with Crippen LogP contribution in [0.15, 0.2) is 0 Å². The predicted octanol–water partition coefficient (Wildman–Crippen LogP) is 2.95. The van der Waals surface area contributed by atoms with Crippen LogP contribution in [0.2, 0.25) is 0 Å². The van der Waals surface area contributed by atoms with Gasteiger partial charge < -0.3 is 5.32 Å². The first-order valence-electron chi connectivity index (χ1n) is 5.61. The van der Waals surface area contributed by atoms with Gasteiger partial charge in [-0.15, -0.1) is 0 Å². The summed E-state index contributed by atoms with van der Waals surface area (Å²) in [5.41, 5.74) is 0. The Morgan fingerprint density at radius 3 is 2.33 bits per heavy atom. The first-order chi connectivity index (χ1) is 5.88. The lowest BCUT2D eigenvalue weighted by Crippen LogP contribution is -2.30. The summed E-state index contributed by atoms with van der Waals surface area (Å²) in [5, 5.41) is 3.63. The first kappa shape index (κ1) is 10.0. The fourth-order valence-corrected chi connectivity index (χ4v) is 2.40. The molecule has 1 aliphatic rings. The van der Waals surface area contributed by atoms with Gasteiger partial charge in [-0.3, -0.25) is 0 Å². The molecule has 0 aromatic carbocycles. The molecule has 0 aromatic rings. The van der Waals surface area contributed by atoms with E-state index in [1.807, 2.05) is 0 Å². The Bertz CT molecular complexity index is 99.6. The minimum atomic E-state index is 0.852. The molecule has 1 N–H and O–H groups in total. The second-order valence-corrected chi connectivity index (χ2v) is 4.04. The Balaban J connectivity index is 2.29. The minimum Gasteiger partial charge on any atom is -0.314 e. The van der Waals surface area contributed by atoms with Crippen molar-refractivity contribution in [2.75, 3.05) is 6.54 Å². The largest absolute Gasteiger partial charge is 0.314 e. The van der Waals surface area contributed by atoms with Gasteiger partial charge in [-0.05, 0) is 38.1 Å². The topological polar surface area (TPSA) is 12.0 Å². The van der Waals surface area contributed by atoms with Gasteiger partial charge in [0, 0.05) is 6.04 Å². The van der Waals surface area contributed by atoms with Crippen molar-refractivity contribution in [1.29, 1.82) is 0 Å². The van der Waals surface area contributed by atoms with E-state index < -0.39 is 0 Å². The number of rotatable bonds is 5. The summed E-state index contributed by atoms with van der Waals surface area (Å²) in [5.74, 6) is 0.961. The Morgan fingerprint density at radius 2 is 1.92 bits per heavy atom. The molecule has 1 heteroatoms. The van der Waals surface area contributed by atoms with Gasteiger partial charge in [-0.1, -0.05) is 26.7 Å². The highest BCUT2D eigenvalue weighted by molar-refractivity contribution is 4.80. The lowest BCUT2D eigenvalue weighted by molar-refractivity contribution is 0.338. The summed E-state index contributed by atoms with van der Waals surface area (Å²) in [6.45, 7) is 5.86. The van der Waals surface area contributed by atoms with Gasteiger partial charge in [0.2, 0.25) is 0 Å². The molecule has 0 saturated carbocycles. The normalized spacial score (nSPS) is 23.8. The van der Waals surface area contributed by atoms with E-state index in [9.17, 15) is 0 Å². The van der Waals surface area contributed by atoms with Crippen molar-refractivity contribution in [1.82, 2.24) is 5.32 Å². The third kappa shape index (κ3) is 2.78. The maximum Gasteiger partial charge on any atom is 0.00957 e. The summed E-state index contributed by atoms with van der Waals surface area (Å²) in [6, 6.07) is 0.852. The van der Waals surface area contributed by atoms with Gasteiger partial charge in [0.25, 0.3) is 0 Å². The monoisotopic (exact) mass is 169 g/mol. The van der Waals surface area contributed by atoms with Crippen LogP contribution in [0.25, 0.3) is 0 Å². The molecule has 12 heavy (non-hydrogen) atoms. The lowest BCUT2D eigenvalue weighted by atomic mass is 9.90. The molecule has 0 aromatic heterocycles. The molecule has 1 rings (SSSR count). The SMILES string of the molecule is CCCC(CCC)[C@H]1CCCN1. The fraction of sp³-hybridized carbons (Fsp3) is 1.00. The Morgan fingerprint density at radius 1 is 1.25 bits per heavy atom. The van der Waals surface area contributed by atoms with E-state index in [1.165, 1.54) is 45.1 Å². The van der Waals surface area contributed by atoms with Crippen LogP contribution in [0.1, 0.15) is 52.4 Å². The standard InChI is InChI=1S/C11H23N/c1-3-6-10(7-4-2)11-8-5-9-12-11/h10-12H,3-9H2,1-2H3/t11-/m1/s1. The molecule has 1 fully saturated rings. The molecule has 1 aliphatic heterocycles. The zero-order valence-corrected chi connectivity index (χ0v) is 8.60. The van der Waals surface area contributed by atoms with Crippen LogP contribution in [0.5, 0.6) is 0 Å². The molecule has 1 nitrogen and oxygen atoms in total. The van der Waals surface area contributed by atoms with Crippen molar-refractivity contribution in [3.05, 3.63) is 0 Å². The number of nitrogens with one attached hydrogen (secondary N) is 1. The Hall–Kier alpha value is -0.0400. The van der Waals surface area contributed by atoms with Gasteiger partial charge in [0.05, 0.1) is 0 Å². The molecule has 0 aliphatic carbocycles. The van der Waals surface area contributed by atoms with Crippen LogP contribution < -0.4 is 5.32 Å². The zero-order valence-electron chi connectivity index (χ0n) is 8.60. The lowest BCUT2D eigenvalue weighted by Gasteiger charge is -2.22. The molecule has 0 amide bonds. The van der Waals surface area contributed by atoms with E-state index in [4.69, 9.17) is 0 Å². The highest BCUT2D eigenvalue weighted by Gasteiger charge is 2.22. The summed E-state index contributed by atoms with van der Waals surface area (Å²) >= 11 is 0. The van der Waals surface area contributed by atoms with Crippen LogP contribution in [0, 0.1) is 5.92 Å². The van der Waals surface area contributed by atoms with Crippen molar-refractivity contribution in [3.63, 3.8) is 0 Å². The average Bonchev–Trinajstić information content (AvgIpc) is 2.56. The molecule has 0 spiro atoms. The number of hydrogen-bond acceptors (Lipinski definition) is 1. The smallest absolute Gasteiger partial charge is 0.00957 e. The fourth-order valence-electron chi connectivity index (χ4n) is 2.40. The minimum absolute atomic E-state index is 0.852. The van der Waals surface area contributed by atoms with Gasteiger partial charge in [-0.2, -0.15) is 0 Å². The molecule has 1 atom stereocenters. The maximum atomic E-state index is 3.63. The van der Waals surface area contributed by atoms with Crippen LogP contribution in [-0.4, -0.2) is 12.6 Å². The average molecular weight is 169 g/mol. The van der Waals surface area contributed by atoms with E-state index in [2.05, 4.69) is 19.2 Å². The molecule has 0 radical (unpaired) electrons. The molecule has 0 unspecified atom stereocenters. The van der Waals surface area contributed by atoms with Gasteiger partial charge >= 0.3 is 0 Å². The van der Waals surface area contributed by atoms with Crippen molar-refractivity contribution in [2.45, 2.75) is 58.4 Å². The van der Waals surface area contributed by atoms with E-state index in [-0.39, 0.29) is 0 Å². The third-order valence-corrected chi connectivity index (χ3v) is 2.99. The number of hydrogen-bond donors (Lipinski definition) is 1. The molecular weight excluding hydrogens is 146 g/mol. The van der Waals surface area contributed by atoms with Crippen molar-refractivity contribution in [3.8, 4) is 0 Å². The summed E-state index contributed by atoms with van der Waals surface area (Å²) < 4.78 is 0. The van der Waals surface area contributed by atoms with Crippen LogP contribution >= 0.6 is 0 Å². The maximum absolute atomic E-state index is 3.63. The van der Waals surface area contributed by atoms with Gasteiger partial charge in [0.15, 0.2) is 0 Å². The highest BCUT2D eigenvalue weighted by atomic mass is 14.9. The van der Waals surface area contributed by atoms with E-state index in [0.29, 0.717) is 0 Å². The predicted molar refractivity (Wildman–Crippen MR) is 54.3 cm³/mol. The zero-order chi connectivity index (χ0) is 8.81. The Labute approximate surface area is 76.9 Å². The summed E-state index contributed by atoms with van der Waals surface area (Å²) in [4.78, 5) is 0. The second-order valence-electron chi connectivity index (χ2n) is 4.04. The van der Waals surface area contributed by atoms with Gasteiger partial charge in [-0.25, -0.2) is 0 Å². The van der Waals surface area contributed by atoms with Crippen molar-refractivity contribution < 1.29 is 0 Å². The molecular formula is C11H23N. The molecule has 72 valence electrons. The third-order valence-electron chi connectivity index (χ3n) is 2.99. The van der Waals surface area contributed by atoms with Crippen LogP contribution in [0.3, 0.4) is 0 Å². The summed E-state index contributed by atoms with van der Waals surface area (Å²) in [6.07, 6.45) is 8.36.